The minimum Gasteiger partial charge on any atom is -0.372 e. The molecule has 140 valence electrons. The molecule has 2 atom stereocenters. The number of nitrogens with one attached hydrogen (secondary N) is 2. The van der Waals surface area contributed by atoms with Gasteiger partial charge in [-0.15, -0.1) is 6.58 Å². The second kappa shape index (κ2) is 6.63. The summed E-state index contributed by atoms with van der Waals surface area (Å²) in [5.41, 5.74) is 5.06. The highest BCUT2D eigenvalue weighted by molar-refractivity contribution is 5.79. The van der Waals surface area contributed by atoms with Gasteiger partial charge in [0.05, 0.1) is 17.4 Å². The summed E-state index contributed by atoms with van der Waals surface area (Å²) in [5.74, 6) is 0.609. The predicted molar refractivity (Wildman–Crippen MR) is 114 cm³/mol. The second-order valence-corrected chi connectivity index (χ2v) is 8.22. The molecule has 2 heterocycles. The van der Waals surface area contributed by atoms with Crippen LogP contribution in [-0.4, -0.2) is 12.2 Å². The normalized spacial score (nSPS) is 26.8. The maximum Gasteiger partial charge on any atom is 0.139 e. The molecule has 3 heteroatoms. The first-order valence-electron chi connectivity index (χ1n) is 10.5. The number of hydrogen-bond acceptors (Lipinski definition) is 3. The van der Waals surface area contributed by atoms with Gasteiger partial charge in [0, 0.05) is 23.7 Å². The third-order valence-corrected chi connectivity index (χ3v) is 6.78. The Morgan fingerprint density at radius 3 is 2.44 bits per heavy atom. The molecule has 1 aliphatic carbocycles. The van der Waals surface area contributed by atoms with E-state index in [1.807, 2.05) is 0 Å². The Morgan fingerprint density at radius 2 is 1.67 bits per heavy atom. The monoisotopic (exact) mass is 359 g/mol. The summed E-state index contributed by atoms with van der Waals surface area (Å²) in [6, 6.07) is 17.8. The third-order valence-electron chi connectivity index (χ3n) is 6.78. The number of rotatable bonds is 3. The maximum absolute atomic E-state index is 4.08. The molecule has 0 bridgehead atoms. The fraction of sp³-hybridized carbons (Fsp3) is 0.417. The standard InChI is InChI=1S/C24H29N3/c1-2-17-27-22-16-10-7-13-19(22)23-24(27,18-11-5-3-4-6-12-18)26-21-15-9-8-14-20(21)25-23/h2,7-10,13-16,18,23,25-26H,1,3-6,11-12,17H2. The number of para-hydroxylation sites is 3. The molecule has 5 rings (SSSR count). The maximum atomic E-state index is 4.08. The van der Waals surface area contributed by atoms with Crippen molar-refractivity contribution in [2.24, 2.45) is 5.92 Å². The zero-order valence-electron chi connectivity index (χ0n) is 16.0. The Hall–Kier alpha value is -2.42. The van der Waals surface area contributed by atoms with Gasteiger partial charge in [-0.1, -0.05) is 62.1 Å². The summed E-state index contributed by atoms with van der Waals surface area (Å²) in [7, 11) is 0. The fourth-order valence-electron chi connectivity index (χ4n) is 5.64. The van der Waals surface area contributed by atoms with Crippen LogP contribution in [0.4, 0.5) is 17.1 Å². The highest BCUT2D eigenvalue weighted by atomic mass is 15.4. The van der Waals surface area contributed by atoms with Crippen LogP contribution in [0.2, 0.25) is 0 Å². The van der Waals surface area contributed by atoms with Crippen LogP contribution in [0.25, 0.3) is 0 Å². The van der Waals surface area contributed by atoms with Gasteiger partial charge in [0.15, 0.2) is 0 Å². The summed E-state index contributed by atoms with van der Waals surface area (Å²) >= 11 is 0. The average Bonchev–Trinajstić information content (AvgIpc) is 2.87. The van der Waals surface area contributed by atoms with Crippen molar-refractivity contribution in [2.75, 3.05) is 22.1 Å². The van der Waals surface area contributed by atoms with Crippen molar-refractivity contribution >= 4 is 17.1 Å². The Balaban J connectivity index is 1.69. The molecule has 2 aromatic carbocycles. The van der Waals surface area contributed by atoms with Gasteiger partial charge < -0.3 is 15.5 Å². The van der Waals surface area contributed by atoms with E-state index in [-0.39, 0.29) is 11.7 Å². The summed E-state index contributed by atoms with van der Waals surface area (Å²) in [4.78, 5) is 2.60. The molecule has 27 heavy (non-hydrogen) atoms. The molecule has 1 fully saturated rings. The van der Waals surface area contributed by atoms with Crippen molar-refractivity contribution in [2.45, 2.75) is 50.2 Å². The van der Waals surface area contributed by atoms with Gasteiger partial charge in [0.2, 0.25) is 0 Å². The van der Waals surface area contributed by atoms with Gasteiger partial charge in [-0.05, 0) is 31.0 Å². The minimum atomic E-state index is -0.128. The fourth-order valence-corrected chi connectivity index (χ4v) is 5.64. The average molecular weight is 360 g/mol. The van der Waals surface area contributed by atoms with E-state index in [0.717, 1.165) is 6.54 Å². The molecule has 2 aromatic rings. The molecule has 0 spiro atoms. The van der Waals surface area contributed by atoms with Gasteiger partial charge in [-0.2, -0.15) is 0 Å². The zero-order chi connectivity index (χ0) is 18.3. The van der Waals surface area contributed by atoms with Gasteiger partial charge in [-0.25, -0.2) is 0 Å². The lowest BCUT2D eigenvalue weighted by Crippen LogP contribution is -2.63. The molecule has 0 radical (unpaired) electrons. The quantitative estimate of drug-likeness (QED) is 0.525. The molecule has 2 aliphatic heterocycles. The first kappa shape index (κ1) is 16.7. The van der Waals surface area contributed by atoms with E-state index in [4.69, 9.17) is 0 Å². The Bertz CT molecular complexity index is 837. The van der Waals surface area contributed by atoms with Crippen LogP contribution in [0.3, 0.4) is 0 Å². The molecule has 0 amide bonds. The largest absolute Gasteiger partial charge is 0.372 e. The van der Waals surface area contributed by atoms with Crippen molar-refractivity contribution in [3.8, 4) is 0 Å². The topological polar surface area (TPSA) is 27.3 Å². The van der Waals surface area contributed by atoms with E-state index in [2.05, 4.69) is 76.7 Å². The minimum absolute atomic E-state index is 0.128. The first-order valence-corrected chi connectivity index (χ1v) is 10.5. The SMILES string of the molecule is C=CCN1c2ccccc2C2Nc3ccccc3NC21C1CCCCCC1. The van der Waals surface area contributed by atoms with E-state index in [1.165, 1.54) is 61.2 Å². The summed E-state index contributed by atoms with van der Waals surface area (Å²) in [5, 5.41) is 7.99. The number of hydrogen-bond donors (Lipinski definition) is 2. The predicted octanol–water partition coefficient (Wildman–Crippen LogP) is 5.94. The molecule has 0 saturated heterocycles. The van der Waals surface area contributed by atoms with Crippen LogP contribution in [0.1, 0.15) is 50.1 Å². The molecule has 0 aromatic heterocycles. The summed E-state index contributed by atoms with van der Waals surface area (Å²) in [6.45, 7) is 4.95. The van der Waals surface area contributed by atoms with Crippen LogP contribution in [0.5, 0.6) is 0 Å². The van der Waals surface area contributed by atoms with Crippen LogP contribution >= 0.6 is 0 Å². The molecule has 3 aliphatic rings. The summed E-state index contributed by atoms with van der Waals surface area (Å²) < 4.78 is 0. The van der Waals surface area contributed by atoms with E-state index in [0.29, 0.717) is 5.92 Å². The Labute approximate surface area is 162 Å². The highest BCUT2D eigenvalue weighted by Gasteiger charge is 2.57. The molecule has 2 unspecified atom stereocenters. The highest BCUT2D eigenvalue weighted by Crippen LogP contribution is 2.56. The van der Waals surface area contributed by atoms with Crippen LogP contribution in [0.15, 0.2) is 61.2 Å². The molecule has 1 saturated carbocycles. The van der Waals surface area contributed by atoms with Gasteiger partial charge in [-0.3, -0.25) is 0 Å². The van der Waals surface area contributed by atoms with Crippen LogP contribution in [-0.2, 0) is 0 Å². The van der Waals surface area contributed by atoms with Crippen molar-refractivity contribution < 1.29 is 0 Å². The van der Waals surface area contributed by atoms with Crippen LogP contribution in [0, 0.1) is 5.92 Å². The number of nitrogens with zero attached hydrogens (tertiary/aromatic N) is 1. The number of anilines is 3. The number of fused-ring (bicyclic) bond motifs is 4. The summed E-state index contributed by atoms with van der Waals surface area (Å²) in [6.07, 6.45) is 10.0. The smallest absolute Gasteiger partial charge is 0.139 e. The first-order chi connectivity index (χ1) is 13.3. The van der Waals surface area contributed by atoms with E-state index >= 15 is 0 Å². The van der Waals surface area contributed by atoms with Crippen molar-refractivity contribution in [1.29, 1.82) is 0 Å². The second-order valence-electron chi connectivity index (χ2n) is 8.22. The molecular formula is C24H29N3. The zero-order valence-corrected chi connectivity index (χ0v) is 16.0. The van der Waals surface area contributed by atoms with E-state index in [9.17, 15) is 0 Å². The number of benzene rings is 2. The molecule has 3 nitrogen and oxygen atoms in total. The van der Waals surface area contributed by atoms with E-state index < -0.39 is 0 Å². The van der Waals surface area contributed by atoms with Crippen molar-refractivity contribution in [3.63, 3.8) is 0 Å². The molecule has 2 N–H and O–H groups in total. The van der Waals surface area contributed by atoms with Gasteiger partial charge in [0.1, 0.15) is 5.66 Å². The third kappa shape index (κ3) is 2.48. The lowest BCUT2D eigenvalue weighted by atomic mass is 9.78. The molecular weight excluding hydrogens is 330 g/mol. The Kier molecular flexibility index (Phi) is 4.11. The van der Waals surface area contributed by atoms with Gasteiger partial charge >= 0.3 is 0 Å². The lowest BCUT2D eigenvalue weighted by molar-refractivity contribution is 0.240. The van der Waals surface area contributed by atoms with E-state index in [1.54, 1.807) is 0 Å². The van der Waals surface area contributed by atoms with Crippen molar-refractivity contribution in [3.05, 3.63) is 66.7 Å². The van der Waals surface area contributed by atoms with Crippen molar-refractivity contribution in [1.82, 2.24) is 0 Å². The van der Waals surface area contributed by atoms with Crippen LogP contribution < -0.4 is 15.5 Å². The van der Waals surface area contributed by atoms with Gasteiger partial charge in [0.25, 0.3) is 0 Å². The Morgan fingerprint density at radius 1 is 0.963 bits per heavy atom. The lowest BCUT2D eigenvalue weighted by Gasteiger charge is -2.52.